The number of nitrogens with one attached hydrogen (secondary N) is 1. The minimum absolute atomic E-state index is 0.330. The molecule has 0 aliphatic carbocycles. The Morgan fingerprint density at radius 2 is 2.09 bits per heavy atom. The van der Waals surface area contributed by atoms with Gasteiger partial charge in [-0.25, -0.2) is 0 Å². The van der Waals surface area contributed by atoms with E-state index in [0.717, 1.165) is 19.4 Å². The highest BCUT2D eigenvalue weighted by molar-refractivity contribution is 4.64. The summed E-state index contributed by atoms with van der Waals surface area (Å²) < 4.78 is 0. The van der Waals surface area contributed by atoms with E-state index >= 15 is 0 Å². The Hall–Kier alpha value is -0.0800. The van der Waals surface area contributed by atoms with Crippen molar-refractivity contribution in [3.63, 3.8) is 0 Å². The maximum atomic E-state index is 9.03. The van der Waals surface area contributed by atoms with Crippen LogP contribution in [0.25, 0.3) is 0 Å². The molecule has 0 amide bonds. The Bertz CT molecular complexity index is 85.6. The van der Waals surface area contributed by atoms with Gasteiger partial charge in [0, 0.05) is 6.61 Å². The van der Waals surface area contributed by atoms with Crippen LogP contribution in [0.1, 0.15) is 26.7 Å². The van der Waals surface area contributed by atoms with Crippen LogP contribution >= 0.6 is 0 Å². The molecule has 11 heavy (non-hydrogen) atoms. The molecule has 68 valence electrons. The summed E-state index contributed by atoms with van der Waals surface area (Å²) in [5.41, 5.74) is 0. The molecule has 0 aromatic rings. The first-order valence-corrected chi connectivity index (χ1v) is 4.51. The standard InChI is InChI=1S/C9H21NO/c1-4-8(2)9(7-11)5-6-10-3/h8-11H,4-7H2,1-3H3/t8-,9?/m1/s1. The van der Waals surface area contributed by atoms with Crippen molar-refractivity contribution in [2.24, 2.45) is 11.8 Å². The smallest absolute Gasteiger partial charge is 0.0462 e. The molecule has 0 radical (unpaired) electrons. The second-order valence-electron chi connectivity index (χ2n) is 3.22. The second-order valence-corrected chi connectivity index (χ2v) is 3.22. The van der Waals surface area contributed by atoms with Gasteiger partial charge in [-0.1, -0.05) is 20.3 Å². The average Bonchev–Trinajstić information content (AvgIpc) is 2.05. The minimum atomic E-state index is 0.330. The van der Waals surface area contributed by atoms with Crippen molar-refractivity contribution in [3.8, 4) is 0 Å². The maximum absolute atomic E-state index is 9.03. The van der Waals surface area contributed by atoms with E-state index in [2.05, 4.69) is 19.2 Å². The molecule has 0 spiro atoms. The lowest BCUT2D eigenvalue weighted by molar-refractivity contribution is 0.171. The molecule has 0 saturated carbocycles. The fourth-order valence-corrected chi connectivity index (χ4v) is 1.22. The van der Waals surface area contributed by atoms with E-state index in [1.165, 1.54) is 0 Å². The Labute approximate surface area is 70.0 Å². The van der Waals surface area contributed by atoms with Crippen molar-refractivity contribution < 1.29 is 5.11 Å². The van der Waals surface area contributed by atoms with E-state index in [1.54, 1.807) is 0 Å². The van der Waals surface area contributed by atoms with Gasteiger partial charge in [0.05, 0.1) is 0 Å². The molecule has 2 N–H and O–H groups in total. The number of rotatable bonds is 6. The van der Waals surface area contributed by atoms with Crippen molar-refractivity contribution in [2.75, 3.05) is 20.2 Å². The summed E-state index contributed by atoms with van der Waals surface area (Å²) in [5, 5.41) is 12.1. The third-order valence-corrected chi connectivity index (χ3v) is 2.45. The fraction of sp³-hybridized carbons (Fsp3) is 1.00. The quantitative estimate of drug-likeness (QED) is 0.611. The van der Waals surface area contributed by atoms with E-state index in [9.17, 15) is 0 Å². The van der Waals surface area contributed by atoms with Crippen LogP contribution in [-0.4, -0.2) is 25.3 Å². The molecule has 0 aromatic carbocycles. The molecule has 0 aliphatic rings. The first-order valence-electron chi connectivity index (χ1n) is 4.51. The highest BCUT2D eigenvalue weighted by Gasteiger charge is 2.13. The van der Waals surface area contributed by atoms with Crippen LogP contribution in [0.15, 0.2) is 0 Å². The average molecular weight is 159 g/mol. The summed E-state index contributed by atoms with van der Waals surface area (Å²) in [7, 11) is 1.95. The van der Waals surface area contributed by atoms with Crippen LogP contribution in [0, 0.1) is 11.8 Å². The Balaban J connectivity index is 3.56. The molecule has 0 heterocycles. The van der Waals surface area contributed by atoms with Crippen molar-refractivity contribution >= 4 is 0 Å². The first-order chi connectivity index (χ1) is 5.26. The highest BCUT2D eigenvalue weighted by atomic mass is 16.3. The lowest BCUT2D eigenvalue weighted by Crippen LogP contribution is -2.21. The number of aliphatic hydroxyl groups excluding tert-OH is 1. The fourth-order valence-electron chi connectivity index (χ4n) is 1.22. The van der Waals surface area contributed by atoms with Crippen molar-refractivity contribution in [1.82, 2.24) is 5.32 Å². The highest BCUT2D eigenvalue weighted by Crippen LogP contribution is 2.17. The molecular formula is C9H21NO. The molecule has 0 aliphatic heterocycles. The van der Waals surface area contributed by atoms with Crippen LogP contribution in [0.4, 0.5) is 0 Å². The zero-order chi connectivity index (χ0) is 8.69. The zero-order valence-electron chi connectivity index (χ0n) is 7.93. The molecule has 2 atom stereocenters. The summed E-state index contributed by atoms with van der Waals surface area (Å²) in [5.74, 6) is 1.13. The zero-order valence-corrected chi connectivity index (χ0v) is 7.93. The molecule has 0 rings (SSSR count). The van der Waals surface area contributed by atoms with E-state index in [0.29, 0.717) is 18.4 Å². The molecule has 2 heteroatoms. The number of hydrogen-bond donors (Lipinski definition) is 2. The summed E-state index contributed by atoms with van der Waals surface area (Å²) >= 11 is 0. The van der Waals surface area contributed by atoms with E-state index in [-0.39, 0.29) is 0 Å². The monoisotopic (exact) mass is 159 g/mol. The van der Waals surface area contributed by atoms with Gasteiger partial charge >= 0.3 is 0 Å². The van der Waals surface area contributed by atoms with Crippen molar-refractivity contribution in [2.45, 2.75) is 26.7 Å². The Morgan fingerprint density at radius 1 is 1.45 bits per heavy atom. The van der Waals surface area contributed by atoms with Gasteiger partial charge in [-0.05, 0) is 31.8 Å². The van der Waals surface area contributed by atoms with E-state index in [4.69, 9.17) is 5.11 Å². The van der Waals surface area contributed by atoms with Gasteiger partial charge in [-0.2, -0.15) is 0 Å². The third kappa shape index (κ3) is 4.38. The van der Waals surface area contributed by atoms with Gasteiger partial charge < -0.3 is 10.4 Å². The summed E-state index contributed by atoms with van der Waals surface area (Å²) in [6.07, 6.45) is 2.25. The molecule has 2 nitrogen and oxygen atoms in total. The lowest BCUT2D eigenvalue weighted by Gasteiger charge is -2.20. The first kappa shape index (κ1) is 10.9. The van der Waals surface area contributed by atoms with Crippen molar-refractivity contribution in [1.29, 1.82) is 0 Å². The van der Waals surface area contributed by atoms with Crippen LogP contribution in [0.2, 0.25) is 0 Å². The lowest BCUT2D eigenvalue weighted by atomic mass is 9.90. The molecule has 0 bridgehead atoms. The van der Waals surface area contributed by atoms with Gasteiger partial charge in [-0.3, -0.25) is 0 Å². The van der Waals surface area contributed by atoms with Crippen LogP contribution in [0.3, 0.4) is 0 Å². The Morgan fingerprint density at radius 3 is 2.45 bits per heavy atom. The molecule has 1 unspecified atom stereocenters. The normalized spacial score (nSPS) is 16.4. The van der Waals surface area contributed by atoms with Gasteiger partial charge in [0.1, 0.15) is 0 Å². The second kappa shape index (κ2) is 6.62. The summed E-state index contributed by atoms with van der Waals surface area (Å²) in [4.78, 5) is 0. The number of aliphatic hydroxyl groups is 1. The minimum Gasteiger partial charge on any atom is -0.396 e. The molecule has 0 aromatic heterocycles. The summed E-state index contributed by atoms with van der Waals surface area (Å²) in [6, 6.07) is 0. The van der Waals surface area contributed by atoms with Gasteiger partial charge in [0.15, 0.2) is 0 Å². The SMILES string of the molecule is CC[C@@H](C)C(CO)CCNC. The predicted molar refractivity (Wildman–Crippen MR) is 48.6 cm³/mol. The van der Waals surface area contributed by atoms with Crippen LogP contribution in [0.5, 0.6) is 0 Å². The molecule has 0 fully saturated rings. The van der Waals surface area contributed by atoms with Gasteiger partial charge in [0.2, 0.25) is 0 Å². The largest absolute Gasteiger partial charge is 0.396 e. The summed E-state index contributed by atoms with van der Waals surface area (Å²) in [6.45, 7) is 5.72. The topological polar surface area (TPSA) is 32.3 Å². The van der Waals surface area contributed by atoms with E-state index in [1.807, 2.05) is 7.05 Å². The van der Waals surface area contributed by atoms with E-state index < -0.39 is 0 Å². The molecular weight excluding hydrogens is 138 g/mol. The maximum Gasteiger partial charge on any atom is 0.0462 e. The predicted octanol–water partition coefficient (Wildman–Crippen LogP) is 1.25. The van der Waals surface area contributed by atoms with Gasteiger partial charge in [-0.15, -0.1) is 0 Å². The third-order valence-electron chi connectivity index (χ3n) is 2.45. The Kier molecular flexibility index (Phi) is 6.57. The van der Waals surface area contributed by atoms with Crippen LogP contribution in [-0.2, 0) is 0 Å². The van der Waals surface area contributed by atoms with Crippen LogP contribution < -0.4 is 5.32 Å². The molecule has 0 saturated heterocycles. The van der Waals surface area contributed by atoms with Gasteiger partial charge in [0.25, 0.3) is 0 Å². The van der Waals surface area contributed by atoms with Crippen molar-refractivity contribution in [3.05, 3.63) is 0 Å². The number of hydrogen-bond acceptors (Lipinski definition) is 2.